The van der Waals surface area contributed by atoms with Gasteiger partial charge in [0.1, 0.15) is 5.01 Å². The van der Waals surface area contributed by atoms with E-state index in [1.54, 1.807) is 11.3 Å². The van der Waals surface area contributed by atoms with Crippen LogP contribution in [0, 0.1) is 5.92 Å². The van der Waals surface area contributed by atoms with Gasteiger partial charge in [0, 0.05) is 11.6 Å². The second-order valence-corrected chi connectivity index (χ2v) is 4.52. The number of alkyl halides is 1. The fourth-order valence-electron chi connectivity index (χ4n) is 0.961. The molecule has 2 rings (SSSR count). The van der Waals surface area contributed by atoms with Crippen molar-refractivity contribution in [1.82, 2.24) is 4.98 Å². The van der Waals surface area contributed by atoms with Crippen molar-refractivity contribution in [3.63, 3.8) is 0 Å². The second kappa shape index (κ2) is 2.62. The predicted octanol–water partition coefficient (Wildman–Crippen LogP) is 2.99. The van der Waals surface area contributed by atoms with Crippen LogP contribution in [0.15, 0.2) is 11.6 Å². The molecule has 3 heteroatoms. The van der Waals surface area contributed by atoms with Crippen LogP contribution in [0.5, 0.6) is 0 Å². The third-order valence-corrected chi connectivity index (χ3v) is 4.07. The first-order valence-electron chi connectivity index (χ1n) is 3.41. The predicted molar refractivity (Wildman–Crippen MR) is 46.5 cm³/mol. The maximum absolute atomic E-state index is 4.25. The average molecular weight is 218 g/mol. The Morgan fingerprint density at radius 1 is 1.70 bits per heavy atom. The highest BCUT2D eigenvalue weighted by Gasteiger charge is 2.31. The Hall–Kier alpha value is 0.110. The van der Waals surface area contributed by atoms with Gasteiger partial charge in [-0.15, -0.1) is 11.3 Å². The van der Waals surface area contributed by atoms with Gasteiger partial charge in [0.25, 0.3) is 0 Å². The minimum atomic E-state index is 0.535. The molecule has 1 aromatic heterocycles. The van der Waals surface area contributed by atoms with E-state index in [4.69, 9.17) is 0 Å². The van der Waals surface area contributed by atoms with Gasteiger partial charge in [0.15, 0.2) is 0 Å². The van der Waals surface area contributed by atoms with Crippen molar-refractivity contribution >= 4 is 27.3 Å². The Bertz CT molecular complexity index is 205. The van der Waals surface area contributed by atoms with Gasteiger partial charge in [-0.3, -0.25) is 0 Å². The molecule has 0 N–H and O–H groups in total. The quantitative estimate of drug-likeness (QED) is 0.695. The number of rotatable bonds is 2. The van der Waals surface area contributed by atoms with Gasteiger partial charge in [0.2, 0.25) is 0 Å². The summed E-state index contributed by atoms with van der Waals surface area (Å²) in [5.74, 6) is 0.867. The Balaban J connectivity index is 2.11. The molecule has 1 saturated carbocycles. The summed E-state index contributed by atoms with van der Waals surface area (Å²) >= 11 is 5.38. The highest BCUT2D eigenvalue weighted by Crippen LogP contribution is 2.46. The van der Waals surface area contributed by atoms with E-state index in [9.17, 15) is 0 Å². The molecule has 1 aliphatic carbocycles. The van der Waals surface area contributed by atoms with Crippen molar-refractivity contribution in [2.45, 2.75) is 17.7 Å². The first kappa shape index (κ1) is 6.80. The average Bonchev–Trinajstić information content (AvgIpc) is 2.65. The zero-order valence-electron chi connectivity index (χ0n) is 5.46. The van der Waals surface area contributed by atoms with Crippen LogP contribution in [0.25, 0.3) is 0 Å². The number of halogens is 1. The monoisotopic (exact) mass is 217 g/mol. The molecular formula is C7H8BrNS. The summed E-state index contributed by atoms with van der Waals surface area (Å²) in [6.45, 7) is 0. The van der Waals surface area contributed by atoms with Crippen molar-refractivity contribution < 1.29 is 0 Å². The zero-order valence-corrected chi connectivity index (χ0v) is 7.86. The lowest BCUT2D eigenvalue weighted by atomic mass is 10.3. The van der Waals surface area contributed by atoms with Crippen LogP contribution in [0.1, 0.15) is 22.7 Å². The Morgan fingerprint density at radius 2 is 2.50 bits per heavy atom. The minimum absolute atomic E-state index is 0.535. The smallest absolute Gasteiger partial charge is 0.106 e. The maximum Gasteiger partial charge on any atom is 0.106 e. The van der Waals surface area contributed by atoms with Gasteiger partial charge in [-0.25, -0.2) is 4.98 Å². The third-order valence-electron chi connectivity index (χ3n) is 1.72. The van der Waals surface area contributed by atoms with Gasteiger partial charge < -0.3 is 0 Å². The molecule has 0 aromatic carbocycles. The number of hydrogen-bond acceptors (Lipinski definition) is 2. The molecule has 1 nitrogen and oxygen atoms in total. The molecule has 0 saturated heterocycles. The highest BCUT2D eigenvalue weighted by atomic mass is 79.9. The van der Waals surface area contributed by atoms with Gasteiger partial charge >= 0.3 is 0 Å². The van der Waals surface area contributed by atoms with Crippen LogP contribution in [0.2, 0.25) is 0 Å². The van der Waals surface area contributed by atoms with E-state index in [0.29, 0.717) is 4.83 Å². The van der Waals surface area contributed by atoms with Gasteiger partial charge in [-0.05, 0) is 18.8 Å². The summed E-state index contributed by atoms with van der Waals surface area (Å²) in [5.41, 5.74) is 0. The van der Waals surface area contributed by atoms with Crippen molar-refractivity contribution in [1.29, 1.82) is 0 Å². The van der Waals surface area contributed by atoms with Crippen LogP contribution in [0.4, 0.5) is 0 Å². The van der Waals surface area contributed by atoms with Gasteiger partial charge in [-0.2, -0.15) is 0 Å². The van der Waals surface area contributed by atoms with Crippen molar-refractivity contribution in [2.75, 3.05) is 0 Å². The number of thiazole rings is 1. The number of hydrogen-bond donors (Lipinski definition) is 0. The molecule has 0 spiro atoms. The molecule has 54 valence electrons. The summed E-state index contributed by atoms with van der Waals surface area (Å²) in [7, 11) is 0. The maximum atomic E-state index is 4.25. The van der Waals surface area contributed by atoms with Crippen molar-refractivity contribution in [2.24, 2.45) is 5.92 Å². The van der Waals surface area contributed by atoms with Crippen LogP contribution < -0.4 is 0 Å². The van der Waals surface area contributed by atoms with E-state index in [-0.39, 0.29) is 0 Å². The standard InChI is InChI=1S/C7H8BrNS/c8-6(5-1-2-5)7-9-3-4-10-7/h3-6H,1-2H2. The molecule has 1 fully saturated rings. The van der Waals surface area contributed by atoms with E-state index in [0.717, 1.165) is 5.92 Å². The normalized spacial score (nSPS) is 20.9. The van der Waals surface area contributed by atoms with E-state index in [1.807, 2.05) is 11.6 Å². The third kappa shape index (κ3) is 1.25. The Kier molecular flexibility index (Phi) is 1.78. The van der Waals surface area contributed by atoms with Crippen LogP contribution in [-0.2, 0) is 0 Å². The second-order valence-electron chi connectivity index (χ2n) is 2.61. The summed E-state index contributed by atoms with van der Waals surface area (Å²) in [5, 5.41) is 3.27. The molecule has 10 heavy (non-hydrogen) atoms. The Labute approximate surface area is 72.6 Å². The topological polar surface area (TPSA) is 12.9 Å². The van der Waals surface area contributed by atoms with Crippen LogP contribution >= 0.6 is 27.3 Å². The van der Waals surface area contributed by atoms with Crippen molar-refractivity contribution in [3.05, 3.63) is 16.6 Å². The first-order valence-corrected chi connectivity index (χ1v) is 5.21. The molecule has 1 aromatic rings. The lowest BCUT2D eigenvalue weighted by molar-refractivity contribution is 0.814. The minimum Gasteiger partial charge on any atom is -0.248 e. The first-order chi connectivity index (χ1) is 4.88. The van der Waals surface area contributed by atoms with E-state index >= 15 is 0 Å². The Morgan fingerprint density at radius 3 is 3.00 bits per heavy atom. The number of aromatic nitrogens is 1. The fraction of sp³-hybridized carbons (Fsp3) is 0.571. The molecule has 0 amide bonds. The van der Waals surface area contributed by atoms with Gasteiger partial charge in [-0.1, -0.05) is 15.9 Å². The summed E-state index contributed by atoms with van der Waals surface area (Å²) in [4.78, 5) is 4.78. The molecule has 1 unspecified atom stereocenters. The molecule has 1 atom stereocenters. The zero-order chi connectivity index (χ0) is 6.97. The largest absolute Gasteiger partial charge is 0.248 e. The molecular weight excluding hydrogens is 210 g/mol. The molecule has 0 bridgehead atoms. The SMILES string of the molecule is BrC(c1nccs1)C1CC1. The fourth-order valence-corrected chi connectivity index (χ4v) is 2.64. The lowest BCUT2D eigenvalue weighted by Gasteiger charge is -2.00. The van der Waals surface area contributed by atoms with E-state index in [1.165, 1.54) is 17.8 Å². The highest BCUT2D eigenvalue weighted by molar-refractivity contribution is 9.09. The van der Waals surface area contributed by atoms with Gasteiger partial charge in [0.05, 0.1) is 4.83 Å². The van der Waals surface area contributed by atoms with Crippen molar-refractivity contribution in [3.8, 4) is 0 Å². The molecule has 1 aliphatic rings. The summed E-state index contributed by atoms with van der Waals surface area (Å²) in [6, 6.07) is 0. The summed E-state index contributed by atoms with van der Waals surface area (Å²) in [6.07, 6.45) is 4.61. The van der Waals surface area contributed by atoms with E-state index < -0.39 is 0 Å². The van der Waals surface area contributed by atoms with Crippen LogP contribution in [-0.4, -0.2) is 4.98 Å². The molecule has 1 heterocycles. The van der Waals surface area contributed by atoms with Crippen LogP contribution in [0.3, 0.4) is 0 Å². The lowest BCUT2D eigenvalue weighted by Crippen LogP contribution is -1.88. The molecule has 0 radical (unpaired) electrons. The summed E-state index contributed by atoms with van der Waals surface area (Å²) < 4.78 is 0. The van der Waals surface area contributed by atoms with E-state index in [2.05, 4.69) is 20.9 Å². The molecule has 0 aliphatic heterocycles. The number of nitrogens with zero attached hydrogens (tertiary/aromatic N) is 1.